The van der Waals surface area contributed by atoms with E-state index in [-0.39, 0.29) is 26.3 Å². The number of alkyl halides is 6. The quantitative estimate of drug-likeness (QED) is 0.452. The van der Waals surface area contributed by atoms with E-state index in [2.05, 4.69) is 5.10 Å². The highest BCUT2D eigenvalue weighted by molar-refractivity contribution is 5.68. The van der Waals surface area contributed by atoms with Crippen molar-refractivity contribution in [2.45, 2.75) is 56.0 Å². The molecule has 1 amide bonds. The van der Waals surface area contributed by atoms with Crippen LogP contribution in [-0.4, -0.2) is 72.1 Å². The Balaban J connectivity index is 1.27. The third-order valence-electron chi connectivity index (χ3n) is 6.70. The summed E-state index contributed by atoms with van der Waals surface area (Å²) in [6.45, 7) is -0.677. The molecular weight excluding hydrogens is 524 g/mol. The van der Waals surface area contributed by atoms with Gasteiger partial charge in [-0.25, -0.2) is 4.79 Å². The Morgan fingerprint density at radius 2 is 1.82 bits per heavy atom. The van der Waals surface area contributed by atoms with Crippen LogP contribution in [0.1, 0.15) is 36.6 Å². The number of rotatable bonds is 7. The Morgan fingerprint density at radius 1 is 1.13 bits per heavy atom. The van der Waals surface area contributed by atoms with E-state index >= 15 is 0 Å². The summed E-state index contributed by atoms with van der Waals surface area (Å²) in [5.74, 6) is 0.592. The zero-order chi connectivity index (χ0) is 27.6. The minimum absolute atomic E-state index is 0.0791. The average molecular weight is 551 g/mol. The summed E-state index contributed by atoms with van der Waals surface area (Å²) in [6.07, 6.45) is -10.7. The fourth-order valence-corrected chi connectivity index (χ4v) is 4.53. The highest BCUT2D eigenvalue weighted by Crippen LogP contribution is 2.41. The number of ether oxygens (including phenoxy) is 4. The minimum atomic E-state index is -4.83. The zero-order valence-electron chi connectivity index (χ0n) is 20.4. The fraction of sp³-hybridized carbons (Fsp3) is 0.583. The van der Waals surface area contributed by atoms with Gasteiger partial charge in [-0.1, -0.05) is 12.1 Å². The smallest absolute Gasteiger partial charge is 0.435 e. The first-order valence-corrected chi connectivity index (χ1v) is 11.9. The molecule has 8 nitrogen and oxygen atoms in total. The van der Waals surface area contributed by atoms with Crippen LogP contribution in [0.2, 0.25) is 0 Å². The molecule has 0 bridgehead atoms. The largest absolute Gasteiger partial charge is 0.497 e. The van der Waals surface area contributed by atoms with Gasteiger partial charge in [0.2, 0.25) is 6.10 Å². The lowest BCUT2D eigenvalue weighted by Gasteiger charge is -2.38. The van der Waals surface area contributed by atoms with Crippen LogP contribution in [0.4, 0.5) is 31.1 Å². The predicted molar refractivity (Wildman–Crippen MR) is 119 cm³/mol. The van der Waals surface area contributed by atoms with Crippen LogP contribution in [0.5, 0.6) is 5.75 Å². The molecule has 2 atom stereocenters. The van der Waals surface area contributed by atoms with Crippen LogP contribution in [0.3, 0.4) is 0 Å². The zero-order valence-corrected chi connectivity index (χ0v) is 20.4. The first kappa shape index (κ1) is 28.0. The maximum absolute atomic E-state index is 13.5. The molecule has 0 N–H and O–H groups in total. The SMILES string of the molecule is COc1ccc(COCC(OC(=O)N2CCC3(CC2)CC(n2ccc(C(F)(F)F)n2)CO3)C(F)(F)F)cc1. The Labute approximate surface area is 214 Å². The lowest BCUT2D eigenvalue weighted by molar-refractivity contribution is -0.220. The molecule has 38 heavy (non-hydrogen) atoms. The van der Waals surface area contributed by atoms with Crippen molar-refractivity contribution in [2.24, 2.45) is 0 Å². The molecule has 4 rings (SSSR count). The summed E-state index contributed by atoms with van der Waals surface area (Å²) in [5, 5.41) is 3.59. The van der Waals surface area contributed by atoms with Gasteiger partial charge in [0.1, 0.15) is 5.75 Å². The number of piperidine rings is 1. The monoisotopic (exact) mass is 551 g/mol. The standard InChI is InChI=1S/C24H27F6N3O5/c1-35-18-4-2-16(3-5-18)13-36-15-20(24(28,29)30)38-21(34)32-10-7-22(8-11-32)12-17(14-37-22)33-9-6-19(31-33)23(25,26)27/h2-6,9,17,20H,7-8,10-15H2,1H3. The minimum Gasteiger partial charge on any atom is -0.497 e. The molecule has 0 saturated carbocycles. The van der Waals surface area contributed by atoms with Crippen LogP contribution in [0.25, 0.3) is 0 Å². The third kappa shape index (κ3) is 6.70. The van der Waals surface area contributed by atoms with Crippen molar-refractivity contribution in [3.05, 3.63) is 47.8 Å². The number of hydrogen-bond acceptors (Lipinski definition) is 6. The van der Waals surface area contributed by atoms with E-state index in [1.807, 2.05) is 0 Å². The Morgan fingerprint density at radius 3 is 2.39 bits per heavy atom. The molecule has 0 radical (unpaired) electrons. The Hall–Kier alpha value is -3.00. The number of methoxy groups -OCH3 is 1. The van der Waals surface area contributed by atoms with Gasteiger partial charge in [-0.2, -0.15) is 31.4 Å². The maximum Gasteiger partial charge on any atom is 0.435 e. The summed E-state index contributed by atoms with van der Waals surface area (Å²) in [7, 11) is 1.49. The van der Waals surface area contributed by atoms with E-state index < -0.39 is 48.5 Å². The van der Waals surface area contributed by atoms with Crippen molar-refractivity contribution < 1.29 is 50.1 Å². The highest BCUT2D eigenvalue weighted by Gasteiger charge is 2.47. The Bertz CT molecular complexity index is 1080. The molecule has 210 valence electrons. The molecule has 0 aliphatic carbocycles. The summed E-state index contributed by atoms with van der Waals surface area (Å²) in [4.78, 5) is 13.7. The van der Waals surface area contributed by atoms with Gasteiger partial charge in [-0.3, -0.25) is 4.68 Å². The van der Waals surface area contributed by atoms with Crippen molar-refractivity contribution in [3.63, 3.8) is 0 Å². The summed E-state index contributed by atoms with van der Waals surface area (Å²) < 4.78 is 101. The highest BCUT2D eigenvalue weighted by atomic mass is 19.4. The van der Waals surface area contributed by atoms with Gasteiger partial charge in [0.05, 0.1) is 38.6 Å². The molecule has 2 fully saturated rings. The van der Waals surface area contributed by atoms with Crippen molar-refractivity contribution >= 4 is 6.09 Å². The van der Waals surface area contributed by atoms with Gasteiger partial charge >= 0.3 is 18.4 Å². The van der Waals surface area contributed by atoms with E-state index in [1.54, 1.807) is 24.3 Å². The molecule has 2 aliphatic heterocycles. The number of carbonyl (C=O) groups excluding carboxylic acids is 1. The topological polar surface area (TPSA) is 75.1 Å². The van der Waals surface area contributed by atoms with Crippen LogP contribution in [0, 0.1) is 0 Å². The Kier molecular flexibility index (Phi) is 8.12. The second-order valence-corrected chi connectivity index (χ2v) is 9.29. The van der Waals surface area contributed by atoms with Gasteiger partial charge < -0.3 is 23.8 Å². The van der Waals surface area contributed by atoms with Crippen LogP contribution in [0.15, 0.2) is 36.5 Å². The second-order valence-electron chi connectivity index (χ2n) is 9.29. The maximum atomic E-state index is 13.5. The number of aromatic nitrogens is 2. The molecule has 14 heteroatoms. The first-order valence-electron chi connectivity index (χ1n) is 11.9. The number of likely N-dealkylation sites (tertiary alicyclic amines) is 1. The average Bonchev–Trinajstić information content (AvgIpc) is 3.52. The summed E-state index contributed by atoms with van der Waals surface area (Å²) in [6, 6.07) is 7.06. The molecule has 3 heterocycles. The van der Waals surface area contributed by atoms with Gasteiger partial charge in [0.15, 0.2) is 5.69 Å². The molecule has 1 spiro atoms. The fourth-order valence-electron chi connectivity index (χ4n) is 4.53. The third-order valence-corrected chi connectivity index (χ3v) is 6.70. The normalized spacial score (nSPS) is 20.5. The van der Waals surface area contributed by atoms with Gasteiger partial charge in [-0.15, -0.1) is 0 Å². The molecule has 2 aliphatic rings. The first-order chi connectivity index (χ1) is 17.9. The molecule has 2 unspecified atom stereocenters. The van der Waals surface area contributed by atoms with E-state index in [1.165, 1.54) is 22.9 Å². The van der Waals surface area contributed by atoms with E-state index in [0.29, 0.717) is 30.6 Å². The number of hydrogen-bond donors (Lipinski definition) is 0. The number of halogens is 6. The van der Waals surface area contributed by atoms with E-state index in [9.17, 15) is 31.1 Å². The summed E-state index contributed by atoms with van der Waals surface area (Å²) >= 11 is 0. The number of benzene rings is 1. The van der Waals surface area contributed by atoms with Gasteiger partial charge in [-0.05, 0) is 36.6 Å². The van der Waals surface area contributed by atoms with Crippen LogP contribution < -0.4 is 4.74 Å². The van der Waals surface area contributed by atoms with Gasteiger partial charge in [0.25, 0.3) is 0 Å². The van der Waals surface area contributed by atoms with Crippen molar-refractivity contribution in [1.29, 1.82) is 0 Å². The second kappa shape index (κ2) is 11.0. The molecule has 2 saturated heterocycles. The van der Waals surface area contributed by atoms with Crippen molar-refractivity contribution in [3.8, 4) is 5.75 Å². The predicted octanol–water partition coefficient (Wildman–Crippen LogP) is 4.99. The van der Waals surface area contributed by atoms with E-state index in [0.717, 1.165) is 6.07 Å². The summed E-state index contributed by atoms with van der Waals surface area (Å²) in [5.41, 5.74) is -1.07. The lowest BCUT2D eigenvalue weighted by Crippen LogP contribution is -2.49. The number of amides is 1. The number of carbonyl (C=O) groups is 1. The lowest BCUT2D eigenvalue weighted by atomic mass is 9.87. The van der Waals surface area contributed by atoms with Crippen molar-refractivity contribution in [2.75, 3.05) is 33.4 Å². The number of nitrogens with zero attached hydrogens (tertiary/aromatic N) is 3. The molecular formula is C24H27F6N3O5. The van der Waals surface area contributed by atoms with E-state index in [4.69, 9.17) is 18.9 Å². The van der Waals surface area contributed by atoms with Crippen LogP contribution >= 0.6 is 0 Å². The van der Waals surface area contributed by atoms with Gasteiger partial charge in [0, 0.05) is 25.7 Å². The molecule has 2 aromatic rings. The van der Waals surface area contributed by atoms with Crippen molar-refractivity contribution in [1.82, 2.24) is 14.7 Å². The van der Waals surface area contributed by atoms with Crippen LogP contribution in [-0.2, 0) is 27.0 Å². The molecule has 1 aromatic heterocycles. The molecule has 1 aromatic carbocycles.